The Morgan fingerprint density at radius 2 is 1.95 bits per heavy atom. The van der Waals surface area contributed by atoms with Gasteiger partial charge in [-0.15, -0.1) is 12.4 Å². The van der Waals surface area contributed by atoms with Gasteiger partial charge in [0.05, 0.1) is 11.9 Å². The number of piperidine rings is 1. The lowest BCUT2D eigenvalue weighted by atomic mass is 10.1. The summed E-state index contributed by atoms with van der Waals surface area (Å²) in [6.45, 7) is 6.23. The quantitative estimate of drug-likeness (QED) is 0.768. The maximum atomic E-state index is 12.4. The first kappa shape index (κ1) is 19.1. The van der Waals surface area contributed by atoms with Crippen LogP contribution in [-0.4, -0.2) is 57.4 Å². The van der Waals surface area contributed by atoms with Gasteiger partial charge in [-0.1, -0.05) is 6.92 Å². The number of nitrogens with zero attached hydrogens (tertiary/aromatic N) is 1. The summed E-state index contributed by atoms with van der Waals surface area (Å²) in [4.78, 5) is 0. The largest absolute Gasteiger partial charge is 0.381 e. The summed E-state index contributed by atoms with van der Waals surface area (Å²) < 4.78 is 31.6. The molecule has 1 saturated heterocycles. The predicted octanol–water partition coefficient (Wildman–Crippen LogP) is 1.24. The van der Waals surface area contributed by atoms with E-state index in [1.807, 2.05) is 6.92 Å². The van der Waals surface area contributed by atoms with Crippen LogP contribution in [0.15, 0.2) is 0 Å². The highest BCUT2D eigenvalue weighted by Crippen LogP contribution is 2.18. The first-order chi connectivity index (χ1) is 8.51. The molecule has 7 heteroatoms. The number of halogens is 1. The van der Waals surface area contributed by atoms with E-state index in [0.29, 0.717) is 6.54 Å². The van der Waals surface area contributed by atoms with E-state index in [9.17, 15) is 8.42 Å². The van der Waals surface area contributed by atoms with E-state index in [2.05, 4.69) is 5.32 Å². The Morgan fingerprint density at radius 3 is 2.42 bits per heavy atom. The summed E-state index contributed by atoms with van der Waals surface area (Å²) in [7, 11) is -1.66. The fourth-order valence-electron chi connectivity index (χ4n) is 2.32. The minimum Gasteiger partial charge on any atom is -0.381 e. The van der Waals surface area contributed by atoms with Crippen molar-refractivity contribution in [3.8, 4) is 0 Å². The second-order valence-electron chi connectivity index (χ2n) is 4.92. The van der Waals surface area contributed by atoms with Crippen molar-refractivity contribution in [3.63, 3.8) is 0 Å². The average molecular weight is 315 g/mol. The van der Waals surface area contributed by atoms with Gasteiger partial charge in [0.1, 0.15) is 0 Å². The molecule has 0 aromatic carbocycles. The van der Waals surface area contributed by atoms with Crippen LogP contribution in [0.1, 0.15) is 33.1 Å². The minimum absolute atomic E-state index is 0. The summed E-state index contributed by atoms with van der Waals surface area (Å²) in [5.41, 5.74) is 0. The lowest BCUT2D eigenvalue weighted by molar-refractivity contribution is 0.134. The van der Waals surface area contributed by atoms with Crippen LogP contribution >= 0.6 is 12.4 Å². The molecule has 0 aromatic heterocycles. The van der Waals surface area contributed by atoms with Crippen molar-refractivity contribution >= 4 is 22.4 Å². The van der Waals surface area contributed by atoms with Crippen LogP contribution in [0.2, 0.25) is 0 Å². The molecule has 0 spiro atoms. The number of rotatable bonds is 7. The zero-order valence-corrected chi connectivity index (χ0v) is 13.7. The molecule has 0 saturated carbocycles. The second kappa shape index (κ2) is 9.13. The van der Waals surface area contributed by atoms with Gasteiger partial charge in [0.15, 0.2) is 0 Å². The first-order valence-electron chi connectivity index (χ1n) is 6.74. The summed E-state index contributed by atoms with van der Waals surface area (Å²) >= 11 is 0. The fourth-order valence-corrected chi connectivity index (χ4v) is 4.37. The maximum absolute atomic E-state index is 12.4. The molecule has 1 aliphatic heterocycles. The van der Waals surface area contributed by atoms with Gasteiger partial charge in [-0.2, -0.15) is 4.31 Å². The van der Waals surface area contributed by atoms with Gasteiger partial charge in [0.2, 0.25) is 10.0 Å². The Kier molecular flexibility index (Phi) is 9.19. The molecule has 0 aliphatic carbocycles. The fraction of sp³-hybridized carbons (Fsp3) is 1.00. The molecule has 0 aromatic rings. The maximum Gasteiger partial charge on any atom is 0.216 e. The summed E-state index contributed by atoms with van der Waals surface area (Å²) in [5.74, 6) is 0.0768. The molecule has 1 heterocycles. The van der Waals surface area contributed by atoms with Gasteiger partial charge in [-0.3, -0.25) is 0 Å². The highest BCUT2D eigenvalue weighted by molar-refractivity contribution is 7.89. The van der Waals surface area contributed by atoms with Gasteiger partial charge >= 0.3 is 0 Å². The Hall–Kier alpha value is 0.120. The van der Waals surface area contributed by atoms with Crippen molar-refractivity contribution in [2.75, 3.05) is 32.5 Å². The molecule has 0 radical (unpaired) electrons. The SMILES string of the molecule is CCCN(C1CCNCC1)S(=O)(=O)CC(C)OC.Cl. The first-order valence-corrected chi connectivity index (χ1v) is 8.35. The van der Waals surface area contributed by atoms with Crippen molar-refractivity contribution in [3.05, 3.63) is 0 Å². The van der Waals surface area contributed by atoms with Crippen molar-refractivity contribution in [1.82, 2.24) is 9.62 Å². The van der Waals surface area contributed by atoms with E-state index in [-0.39, 0.29) is 30.3 Å². The van der Waals surface area contributed by atoms with E-state index in [0.717, 1.165) is 32.4 Å². The van der Waals surface area contributed by atoms with Gasteiger partial charge in [-0.25, -0.2) is 8.42 Å². The van der Waals surface area contributed by atoms with Crippen LogP contribution in [0.4, 0.5) is 0 Å². The highest BCUT2D eigenvalue weighted by atomic mass is 35.5. The number of hydrogen-bond acceptors (Lipinski definition) is 4. The van der Waals surface area contributed by atoms with Crippen LogP contribution in [0, 0.1) is 0 Å². The molecule has 0 amide bonds. The topological polar surface area (TPSA) is 58.6 Å². The number of nitrogens with one attached hydrogen (secondary N) is 1. The molecule has 1 fully saturated rings. The number of hydrogen-bond donors (Lipinski definition) is 1. The van der Waals surface area contributed by atoms with Gasteiger partial charge in [0, 0.05) is 19.7 Å². The lowest BCUT2D eigenvalue weighted by Crippen LogP contribution is -2.48. The third-order valence-electron chi connectivity index (χ3n) is 3.36. The van der Waals surface area contributed by atoms with Crippen LogP contribution in [0.5, 0.6) is 0 Å². The van der Waals surface area contributed by atoms with E-state index in [1.54, 1.807) is 18.3 Å². The smallest absolute Gasteiger partial charge is 0.216 e. The second-order valence-corrected chi connectivity index (χ2v) is 6.88. The summed E-state index contributed by atoms with van der Waals surface area (Å²) in [6.07, 6.45) is 2.40. The number of ether oxygens (including phenoxy) is 1. The van der Waals surface area contributed by atoms with Crippen LogP contribution in [0.3, 0.4) is 0 Å². The monoisotopic (exact) mass is 314 g/mol. The summed E-state index contributed by atoms with van der Waals surface area (Å²) in [6, 6.07) is 0.153. The van der Waals surface area contributed by atoms with Crippen LogP contribution in [-0.2, 0) is 14.8 Å². The highest BCUT2D eigenvalue weighted by Gasteiger charge is 2.31. The normalized spacial score (nSPS) is 19.2. The number of methoxy groups -OCH3 is 1. The van der Waals surface area contributed by atoms with Crippen molar-refractivity contribution < 1.29 is 13.2 Å². The minimum atomic E-state index is -3.21. The Bertz CT molecular complexity index is 332. The molecule has 1 aliphatic rings. The molecule has 1 unspecified atom stereocenters. The van der Waals surface area contributed by atoms with Crippen molar-refractivity contribution in [2.45, 2.75) is 45.3 Å². The third kappa shape index (κ3) is 5.95. The molecule has 1 rings (SSSR count). The Morgan fingerprint density at radius 1 is 1.37 bits per heavy atom. The van der Waals surface area contributed by atoms with E-state index >= 15 is 0 Å². The van der Waals surface area contributed by atoms with Crippen molar-refractivity contribution in [2.24, 2.45) is 0 Å². The number of sulfonamides is 1. The molecule has 5 nitrogen and oxygen atoms in total. The predicted molar refractivity (Wildman–Crippen MR) is 80.4 cm³/mol. The van der Waals surface area contributed by atoms with E-state index in [4.69, 9.17) is 4.74 Å². The lowest BCUT2D eigenvalue weighted by Gasteiger charge is -2.34. The third-order valence-corrected chi connectivity index (χ3v) is 5.45. The molecule has 0 bridgehead atoms. The molecule has 19 heavy (non-hydrogen) atoms. The van der Waals surface area contributed by atoms with Crippen LogP contribution < -0.4 is 5.32 Å². The van der Waals surface area contributed by atoms with E-state index < -0.39 is 10.0 Å². The van der Waals surface area contributed by atoms with Crippen molar-refractivity contribution in [1.29, 1.82) is 0 Å². The van der Waals surface area contributed by atoms with Gasteiger partial charge in [0.25, 0.3) is 0 Å². The standard InChI is InChI=1S/C12H26N2O3S.ClH/c1-4-9-14(12-5-7-13-8-6-12)18(15,16)10-11(2)17-3;/h11-13H,4-10H2,1-3H3;1H. The molecular weight excluding hydrogens is 288 g/mol. The zero-order valence-electron chi connectivity index (χ0n) is 12.1. The summed E-state index contributed by atoms with van der Waals surface area (Å²) in [5, 5.41) is 3.27. The van der Waals surface area contributed by atoms with Crippen LogP contribution in [0.25, 0.3) is 0 Å². The zero-order chi connectivity index (χ0) is 13.6. The van der Waals surface area contributed by atoms with E-state index in [1.165, 1.54) is 0 Å². The molecule has 1 N–H and O–H groups in total. The molecule has 1 atom stereocenters. The average Bonchev–Trinajstić information content (AvgIpc) is 2.36. The van der Waals surface area contributed by atoms with Gasteiger partial charge in [-0.05, 0) is 39.3 Å². The molecular formula is C12H27ClN2O3S. The Labute approximate surface area is 123 Å². The molecule has 116 valence electrons. The Balaban J connectivity index is 0.00000324. The van der Waals surface area contributed by atoms with Gasteiger partial charge < -0.3 is 10.1 Å².